The van der Waals surface area contributed by atoms with Gasteiger partial charge in [0.05, 0.1) is 5.56 Å². The van der Waals surface area contributed by atoms with Crippen molar-refractivity contribution in [3.05, 3.63) is 23.8 Å². The van der Waals surface area contributed by atoms with Gasteiger partial charge in [-0.25, -0.2) is 8.78 Å². The predicted molar refractivity (Wildman–Crippen MR) is 121 cm³/mol. The van der Waals surface area contributed by atoms with Crippen LogP contribution in [0.1, 0.15) is 68.1 Å². The highest BCUT2D eigenvalue weighted by Crippen LogP contribution is 2.36. The third kappa shape index (κ3) is 11.8. The van der Waals surface area contributed by atoms with Crippen LogP contribution in [0.15, 0.2) is 18.2 Å². The largest absolute Gasteiger partial charge is 0.481 e. The topological polar surface area (TPSA) is 84.9 Å². The van der Waals surface area contributed by atoms with E-state index in [-0.39, 0.29) is 13.0 Å². The van der Waals surface area contributed by atoms with Crippen molar-refractivity contribution >= 4 is 35.1 Å². The van der Waals surface area contributed by atoms with Gasteiger partial charge < -0.3 is 19.9 Å². The quantitative estimate of drug-likeness (QED) is 0.113. The fourth-order valence-corrected chi connectivity index (χ4v) is 3.08. The summed E-state index contributed by atoms with van der Waals surface area (Å²) in [7, 11) is 0. The van der Waals surface area contributed by atoms with E-state index in [4.69, 9.17) is 16.7 Å². The maximum absolute atomic E-state index is 13.7. The van der Waals surface area contributed by atoms with Gasteiger partial charge in [0.2, 0.25) is 0 Å². The molecule has 0 bridgehead atoms. The van der Waals surface area contributed by atoms with E-state index in [0.717, 1.165) is 50.7 Å². The number of aliphatic carboxylic acids is 1. The molecule has 1 amide bonds. The van der Waals surface area contributed by atoms with Crippen LogP contribution < -0.4 is 14.8 Å². The zero-order valence-electron chi connectivity index (χ0n) is 19.1. The molecule has 0 aromatic heterocycles. The van der Waals surface area contributed by atoms with E-state index < -0.39 is 52.4 Å². The molecule has 1 rings (SSSR count). The average molecular weight is 570 g/mol. The van der Waals surface area contributed by atoms with Crippen LogP contribution in [0.4, 0.5) is 26.3 Å². The highest BCUT2D eigenvalue weighted by atomic mass is 35.5. The van der Waals surface area contributed by atoms with Gasteiger partial charge >= 0.3 is 18.2 Å². The summed E-state index contributed by atoms with van der Waals surface area (Å²) in [4.78, 5) is 22.9. The van der Waals surface area contributed by atoms with E-state index in [1.165, 1.54) is 0 Å². The molecule has 6 nitrogen and oxygen atoms in total. The molecule has 0 spiro atoms. The van der Waals surface area contributed by atoms with Gasteiger partial charge in [0, 0.05) is 19.0 Å². The highest BCUT2D eigenvalue weighted by Gasteiger charge is 2.44. The van der Waals surface area contributed by atoms with Gasteiger partial charge in [-0.15, -0.1) is 0 Å². The van der Waals surface area contributed by atoms with E-state index in [1.54, 1.807) is 0 Å². The van der Waals surface area contributed by atoms with Gasteiger partial charge in [-0.1, -0.05) is 61.7 Å². The smallest absolute Gasteiger partial charge is 0.444 e. The van der Waals surface area contributed by atoms with Gasteiger partial charge in [0.1, 0.15) is 11.5 Å². The Morgan fingerprint density at radius 2 is 1.36 bits per heavy atom. The Morgan fingerprint density at radius 1 is 0.861 bits per heavy atom. The second-order valence-corrected chi connectivity index (χ2v) is 8.58. The number of nitrogens with one attached hydrogen (secondary N) is 1. The first-order valence-corrected chi connectivity index (χ1v) is 12.0. The lowest BCUT2D eigenvalue weighted by Crippen LogP contribution is -2.35. The molecule has 0 saturated carbocycles. The molecule has 1 aromatic rings. The van der Waals surface area contributed by atoms with E-state index >= 15 is 0 Å². The van der Waals surface area contributed by atoms with Crippen LogP contribution in [0.25, 0.3) is 0 Å². The molecular weight excluding hydrogens is 543 g/mol. The lowest BCUT2D eigenvalue weighted by Gasteiger charge is -2.22. The van der Waals surface area contributed by atoms with Gasteiger partial charge in [0.15, 0.2) is 0 Å². The van der Waals surface area contributed by atoms with Crippen molar-refractivity contribution in [1.82, 2.24) is 5.32 Å². The number of halogens is 8. The number of benzene rings is 1. The fraction of sp³-hybridized carbons (Fsp3) is 0.636. The van der Waals surface area contributed by atoms with Gasteiger partial charge in [-0.05, 0) is 25.0 Å². The molecular formula is C22H27Cl2F6NO5. The summed E-state index contributed by atoms with van der Waals surface area (Å²) in [6.45, 7) is 0.153. The lowest BCUT2D eigenvalue weighted by molar-refractivity contribution is -0.202. The molecule has 0 heterocycles. The molecule has 0 saturated heterocycles. The second kappa shape index (κ2) is 15.2. The van der Waals surface area contributed by atoms with Crippen molar-refractivity contribution in [1.29, 1.82) is 0 Å². The minimum atomic E-state index is -4.62. The first kappa shape index (κ1) is 31.9. The van der Waals surface area contributed by atoms with E-state index in [0.29, 0.717) is 18.9 Å². The number of hydrogen-bond acceptors (Lipinski definition) is 4. The van der Waals surface area contributed by atoms with E-state index in [2.05, 4.69) is 26.4 Å². The molecule has 14 heteroatoms. The number of carbonyl (C=O) groups excluding carboxylic acids is 1. The first-order chi connectivity index (χ1) is 16.8. The van der Waals surface area contributed by atoms with Crippen molar-refractivity contribution in [2.45, 2.75) is 81.3 Å². The molecule has 2 unspecified atom stereocenters. The zero-order valence-corrected chi connectivity index (χ0v) is 20.6. The third-order valence-electron chi connectivity index (χ3n) is 4.81. The monoisotopic (exact) mass is 569 g/mol. The summed E-state index contributed by atoms with van der Waals surface area (Å²) < 4.78 is 88.1. The maximum Gasteiger partial charge on any atom is 0.444 e. The van der Waals surface area contributed by atoms with Crippen LogP contribution >= 0.6 is 23.2 Å². The molecule has 2 N–H and O–H groups in total. The van der Waals surface area contributed by atoms with Crippen LogP contribution in [-0.2, 0) is 4.79 Å². The van der Waals surface area contributed by atoms with Crippen LogP contribution in [0.2, 0.25) is 0 Å². The van der Waals surface area contributed by atoms with Crippen molar-refractivity contribution in [3.8, 4) is 11.5 Å². The molecule has 1 aromatic carbocycles. The molecule has 0 aliphatic heterocycles. The Labute approximate surface area is 214 Å². The zero-order chi connectivity index (χ0) is 27.4. The normalized spacial score (nSPS) is 13.7. The Hall–Kier alpha value is -2.08. The standard InChI is InChI=1S/C22H27Cl2F6NO5/c23-19(25)21(27,28)35-14-10-11-15(16(13-14)36-22(29,30)20(24)26)18(34)31-12-8-6-4-2-1-3-5-7-9-17(32)33/h10-11,13,19-20H,1-9,12H2,(H,31,34)(H,32,33). The summed E-state index contributed by atoms with van der Waals surface area (Å²) >= 11 is 9.43. The molecule has 36 heavy (non-hydrogen) atoms. The SMILES string of the molecule is O=C(O)CCCCCCCCCCNC(=O)c1ccc(OC(F)(F)C(F)Cl)cc1OC(F)(F)C(F)Cl. The minimum Gasteiger partial charge on any atom is -0.481 e. The second-order valence-electron chi connectivity index (χ2n) is 7.82. The lowest BCUT2D eigenvalue weighted by atomic mass is 10.1. The molecule has 0 aliphatic rings. The number of amides is 1. The number of rotatable bonds is 18. The Morgan fingerprint density at radius 3 is 1.89 bits per heavy atom. The minimum absolute atomic E-state index is 0.151. The molecule has 2 atom stereocenters. The first-order valence-electron chi connectivity index (χ1n) is 11.1. The fourth-order valence-electron chi connectivity index (χ4n) is 2.99. The van der Waals surface area contributed by atoms with E-state index in [1.807, 2.05) is 0 Å². The number of carbonyl (C=O) groups is 2. The van der Waals surface area contributed by atoms with E-state index in [9.17, 15) is 35.9 Å². The Kier molecular flexibility index (Phi) is 13.5. The van der Waals surface area contributed by atoms with Crippen molar-refractivity contribution in [2.75, 3.05) is 6.54 Å². The summed E-state index contributed by atoms with van der Waals surface area (Å²) in [6.07, 6.45) is -2.60. The number of unbranched alkanes of at least 4 members (excludes halogenated alkanes) is 7. The third-order valence-corrected chi connectivity index (χ3v) is 5.32. The summed E-state index contributed by atoms with van der Waals surface area (Å²) in [5.41, 5.74) is -7.14. The number of hydrogen-bond donors (Lipinski definition) is 2. The predicted octanol–water partition coefficient (Wildman–Crippen LogP) is 7.02. The Bertz CT molecular complexity index is 845. The van der Waals surface area contributed by atoms with Crippen molar-refractivity contribution in [2.24, 2.45) is 0 Å². The number of alkyl halides is 8. The highest BCUT2D eigenvalue weighted by molar-refractivity contribution is 6.20. The molecule has 0 fully saturated rings. The van der Waals surface area contributed by atoms with Crippen LogP contribution in [0.5, 0.6) is 11.5 Å². The van der Waals surface area contributed by atoms with Crippen LogP contribution in [0, 0.1) is 0 Å². The summed E-state index contributed by atoms with van der Waals surface area (Å²) in [6, 6.07) is 2.02. The molecule has 0 radical (unpaired) electrons. The van der Waals surface area contributed by atoms with Crippen LogP contribution in [-0.4, -0.2) is 47.0 Å². The van der Waals surface area contributed by atoms with Gasteiger partial charge in [-0.2, -0.15) is 17.6 Å². The average Bonchev–Trinajstić information content (AvgIpc) is 2.76. The van der Waals surface area contributed by atoms with Crippen molar-refractivity contribution in [3.63, 3.8) is 0 Å². The number of ether oxygens (including phenoxy) is 2. The van der Waals surface area contributed by atoms with Crippen molar-refractivity contribution < 1.29 is 50.5 Å². The maximum atomic E-state index is 13.7. The molecule has 206 valence electrons. The van der Waals surface area contributed by atoms with Crippen LogP contribution in [0.3, 0.4) is 0 Å². The Balaban J connectivity index is 2.64. The molecule has 0 aliphatic carbocycles. The number of carboxylic acids is 1. The van der Waals surface area contributed by atoms with Gasteiger partial charge in [-0.3, -0.25) is 9.59 Å². The summed E-state index contributed by atoms with van der Waals surface area (Å²) in [5, 5.41) is 11.0. The number of carboxylic acid groups (broad SMARTS) is 1. The van der Waals surface area contributed by atoms with Gasteiger partial charge in [0.25, 0.3) is 17.2 Å². The summed E-state index contributed by atoms with van der Waals surface area (Å²) in [5.74, 6) is -3.63.